The molecule has 6 nitrogen and oxygen atoms in total. The van der Waals surface area contributed by atoms with Gasteiger partial charge in [-0.2, -0.15) is 0 Å². The van der Waals surface area contributed by atoms with Crippen molar-refractivity contribution in [1.29, 1.82) is 0 Å². The van der Waals surface area contributed by atoms with Crippen molar-refractivity contribution < 1.29 is 22.4 Å². The first kappa shape index (κ1) is 20.1. The molecule has 2 aromatic carbocycles. The summed E-state index contributed by atoms with van der Waals surface area (Å²) in [5.41, 5.74) is 0.608. The minimum Gasteiger partial charge on any atom is -0.326 e. The number of carbonyl (C=O) groups is 2. The molecule has 138 valence electrons. The van der Waals surface area contributed by atoms with Crippen molar-refractivity contribution >= 4 is 49.0 Å². The van der Waals surface area contributed by atoms with Gasteiger partial charge in [-0.05, 0) is 35.9 Å². The average molecular weight is 443 g/mol. The zero-order valence-corrected chi connectivity index (χ0v) is 16.2. The first-order valence-corrected chi connectivity index (χ1v) is 10.1. The maximum atomic E-state index is 13.8. The molecule has 0 aliphatic heterocycles. The van der Waals surface area contributed by atoms with Gasteiger partial charge in [-0.15, -0.1) is 0 Å². The van der Waals surface area contributed by atoms with Crippen LogP contribution in [0.3, 0.4) is 0 Å². The highest BCUT2D eigenvalue weighted by Gasteiger charge is 2.19. The third-order valence-electron chi connectivity index (χ3n) is 3.19. The molecular formula is C17H16BrFN2O4S. The second-order valence-corrected chi connectivity index (χ2v) is 8.57. The number of hydrogen-bond acceptors (Lipinski definition) is 4. The normalized spacial score (nSPS) is 11.0. The van der Waals surface area contributed by atoms with E-state index in [4.69, 9.17) is 0 Å². The molecule has 2 aromatic rings. The Morgan fingerprint density at radius 1 is 1.12 bits per heavy atom. The molecule has 0 aromatic heterocycles. The second-order valence-electron chi connectivity index (χ2n) is 5.59. The molecule has 9 heteroatoms. The van der Waals surface area contributed by atoms with Crippen LogP contribution >= 0.6 is 15.9 Å². The van der Waals surface area contributed by atoms with E-state index in [0.717, 1.165) is 10.5 Å². The molecular weight excluding hydrogens is 427 g/mol. The Hall–Kier alpha value is -2.26. The Morgan fingerprint density at radius 3 is 2.50 bits per heavy atom. The summed E-state index contributed by atoms with van der Waals surface area (Å²) in [6.45, 7) is 1.29. The second kappa shape index (κ2) is 8.41. The molecule has 0 spiro atoms. The number of benzene rings is 2. The van der Waals surface area contributed by atoms with Crippen LogP contribution in [0.4, 0.5) is 15.8 Å². The van der Waals surface area contributed by atoms with Crippen LogP contribution in [0.5, 0.6) is 0 Å². The highest BCUT2D eigenvalue weighted by atomic mass is 79.9. The molecule has 26 heavy (non-hydrogen) atoms. The molecule has 0 bridgehead atoms. The van der Waals surface area contributed by atoms with Gasteiger partial charge in [0.2, 0.25) is 11.8 Å². The van der Waals surface area contributed by atoms with Crippen molar-refractivity contribution in [3.63, 3.8) is 0 Å². The van der Waals surface area contributed by atoms with Gasteiger partial charge in [-0.3, -0.25) is 9.59 Å². The Labute approximate surface area is 158 Å². The summed E-state index contributed by atoms with van der Waals surface area (Å²) in [5.74, 6) is -3.06. The Morgan fingerprint density at radius 2 is 1.85 bits per heavy atom. The van der Waals surface area contributed by atoms with Crippen LogP contribution in [0, 0.1) is 5.82 Å². The summed E-state index contributed by atoms with van der Waals surface area (Å²) in [6, 6.07) is 10.3. The van der Waals surface area contributed by atoms with Crippen LogP contribution < -0.4 is 10.6 Å². The third kappa shape index (κ3) is 6.23. The van der Waals surface area contributed by atoms with E-state index in [-0.39, 0.29) is 23.0 Å². The predicted molar refractivity (Wildman–Crippen MR) is 101 cm³/mol. The van der Waals surface area contributed by atoms with E-state index in [1.807, 2.05) is 0 Å². The summed E-state index contributed by atoms with van der Waals surface area (Å²) in [4.78, 5) is 23.1. The van der Waals surface area contributed by atoms with E-state index in [0.29, 0.717) is 5.56 Å². The number of sulfone groups is 1. The van der Waals surface area contributed by atoms with Gasteiger partial charge in [0.05, 0.1) is 11.4 Å². The largest absolute Gasteiger partial charge is 0.326 e. The first-order valence-electron chi connectivity index (χ1n) is 7.46. The molecule has 0 unspecified atom stereocenters. The number of amides is 2. The lowest BCUT2D eigenvalue weighted by atomic mass is 10.2. The average Bonchev–Trinajstić information content (AvgIpc) is 2.49. The van der Waals surface area contributed by atoms with Crippen molar-refractivity contribution in [3.05, 3.63) is 58.3 Å². The number of nitrogens with one attached hydrogen (secondary N) is 2. The third-order valence-corrected chi connectivity index (χ3v) is 5.16. The molecule has 0 saturated carbocycles. The van der Waals surface area contributed by atoms with Gasteiger partial charge < -0.3 is 10.6 Å². The van der Waals surface area contributed by atoms with E-state index >= 15 is 0 Å². The Bertz CT molecular complexity index is 948. The minimum atomic E-state index is -3.74. The van der Waals surface area contributed by atoms with Gasteiger partial charge in [0.1, 0.15) is 11.6 Å². The smallest absolute Gasteiger partial charge is 0.239 e. The topological polar surface area (TPSA) is 92.3 Å². The van der Waals surface area contributed by atoms with E-state index in [1.54, 1.807) is 24.3 Å². The highest BCUT2D eigenvalue weighted by molar-refractivity contribution is 9.10. The Kier molecular flexibility index (Phi) is 6.49. The monoisotopic (exact) mass is 442 g/mol. The van der Waals surface area contributed by atoms with Crippen molar-refractivity contribution in [3.8, 4) is 0 Å². The lowest BCUT2D eigenvalue weighted by Gasteiger charge is -2.10. The van der Waals surface area contributed by atoms with Crippen LogP contribution in [0.25, 0.3) is 0 Å². The van der Waals surface area contributed by atoms with E-state index in [2.05, 4.69) is 26.6 Å². The Balaban J connectivity index is 2.06. The SMILES string of the molecule is CC(=O)Nc1ccc(F)c(NC(=O)CS(=O)(=O)Cc2cccc(Br)c2)c1. The first-order chi connectivity index (χ1) is 12.1. The maximum Gasteiger partial charge on any atom is 0.239 e. The minimum absolute atomic E-state index is 0.209. The number of rotatable bonds is 6. The van der Waals surface area contributed by atoms with E-state index in [1.165, 1.54) is 19.1 Å². The molecule has 0 fully saturated rings. The van der Waals surface area contributed by atoms with Crippen LogP contribution in [-0.2, 0) is 25.2 Å². The number of carbonyl (C=O) groups excluding carboxylic acids is 2. The summed E-state index contributed by atoms with van der Waals surface area (Å²) >= 11 is 3.25. The molecule has 0 atom stereocenters. The molecule has 0 aliphatic rings. The van der Waals surface area contributed by atoms with E-state index in [9.17, 15) is 22.4 Å². The zero-order valence-electron chi connectivity index (χ0n) is 13.8. The van der Waals surface area contributed by atoms with Crippen molar-refractivity contribution in [1.82, 2.24) is 0 Å². The van der Waals surface area contributed by atoms with Crippen molar-refractivity contribution in [2.75, 3.05) is 16.4 Å². The van der Waals surface area contributed by atoms with Gasteiger partial charge in [-0.25, -0.2) is 12.8 Å². The van der Waals surface area contributed by atoms with Gasteiger partial charge >= 0.3 is 0 Å². The quantitative estimate of drug-likeness (QED) is 0.718. The fourth-order valence-electron chi connectivity index (χ4n) is 2.22. The van der Waals surface area contributed by atoms with Crippen LogP contribution in [-0.4, -0.2) is 26.0 Å². The van der Waals surface area contributed by atoms with Gasteiger partial charge in [0.25, 0.3) is 0 Å². The van der Waals surface area contributed by atoms with Crippen LogP contribution in [0.2, 0.25) is 0 Å². The number of halogens is 2. The van der Waals surface area contributed by atoms with Gasteiger partial charge in [0.15, 0.2) is 9.84 Å². The van der Waals surface area contributed by atoms with E-state index < -0.39 is 27.3 Å². The predicted octanol–water partition coefficient (Wildman–Crippen LogP) is 3.10. The summed E-state index contributed by atoms with van der Waals surface area (Å²) in [5, 5.41) is 4.68. The molecule has 0 saturated heterocycles. The fraction of sp³-hybridized carbons (Fsp3) is 0.176. The highest BCUT2D eigenvalue weighted by Crippen LogP contribution is 2.20. The fourth-order valence-corrected chi connectivity index (χ4v) is 3.93. The van der Waals surface area contributed by atoms with Gasteiger partial charge in [-0.1, -0.05) is 28.1 Å². The van der Waals surface area contributed by atoms with Crippen LogP contribution in [0.15, 0.2) is 46.9 Å². The van der Waals surface area contributed by atoms with Crippen LogP contribution in [0.1, 0.15) is 12.5 Å². The lowest BCUT2D eigenvalue weighted by molar-refractivity contribution is -0.114. The molecule has 2 N–H and O–H groups in total. The lowest BCUT2D eigenvalue weighted by Crippen LogP contribution is -2.24. The molecule has 0 aliphatic carbocycles. The summed E-state index contributed by atoms with van der Waals surface area (Å²) in [7, 11) is -3.74. The summed E-state index contributed by atoms with van der Waals surface area (Å²) < 4.78 is 38.9. The number of anilines is 2. The maximum absolute atomic E-state index is 13.8. The molecule has 0 heterocycles. The number of hydrogen-bond donors (Lipinski definition) is 2. The van der Waals surface area contributed by atoms with Crippen molar-refractivity contribution in [2.45, 2.75) is 12.7 Å². The molecule has 0 radical (unpaired) electrons. The molecule has 2 amide bonds. The standard InChI is InChI=1S/C17H16BrFN2O4S/c1-11(22)20-14-5-6-15(19)16(8-14)21-17(23)10-26(24,25)9-12-3-2-4-13(18)7-12/h2-8H,9-10H2,1H3,(H,20,22)(H,21,23). The molecule has 2 rings (SSSR count). The van der Waals surface area contributed by atoms with Crippen molar-refractivity contribution in [2.24, 2.45) is 0 Å². The van der Waals surface area contributed by atoms with Gasteiger partial charge in [0, 0.05) is 17.1 Å². The zero-order chi connectivity index (χ0) is 19.3. The summed E-state index contributed by atoms with van der Waals surface area (Å²) in [6.07, 6.45) is 0.